The van der Waals surface area contributed by atoms with E-state index in [1.165, 1.54) is 12.1 Å². The summed E-state index contributed by atoms with van der Waals surface area (Å²) in [6.07, 6.45) is 0. The zero-order valence-electron chi connectivity index (χ0n) is 9.87. The molecule has 96 valence electrons. The maximum absolute atomic E-state index is 13.3. The van der Waals surface area contributed by atoms with E-state index in [2.05, 4.69) is 0 Å². The number of hydrogen-bond acceptors (Lipinski definition) is 3. The highest BCUT2D eigenvalue weighted by atomic mass is 32.1. The maximum Gasteiger partial charge on any atom is 0.167 e. The van der Waals surface area contributed by atoms with Crippen molar-refractivity contribution in [1.82, 2.24) is 0 Å². The first-order chi connectivity index (χ1) is 8.60. The van der Waals surface area contributed by atoms with E-state index in [1.807, 2.05) is 13.0 Å². The third kappa shape index (κ3) is 2.86. The lowest BCUT2D eigenvalue weighted by molar-refractivity contribution is 0.289. The zero-order chi connectivity index (χ0) is 13.1. The van der Waals surface area contributed by atoms with Crippen molar-refractivity contribution in [3.8, 4) is 5.75 Å². The average molecular weight is 269 g/mol. The molecule has 0 aliphatic heterocycles. The Balaban J connectivity index is 2.08. The van der Waals surface area contributed by atoms with Crippen LogP contribution in [0, 0.1) is 18.6 Å². The van der Waals surface area contributed by atoms with E-state index in [1.54, 1.807) is 11.3 Å². The van der Waals surface area contributed by atoms with Crippen molar-refractivity contribution in [1.29, 1.82) is 0 Å². The van der Waals surface area contributed by atoms with Gasteiger partial charge in [-0.25, -0.2) is 8.78 Å². The van der Waals surface area contributed by atoms with Crippen LogP contribution in [0.25, 0.3) is 0 Å². The fraction of sp³-hybridized carbons (Fsp3) is 0.231. The Kier molecular flexibility index (Phi) is 3.93. The molecule has 1 aromatic heterocycles. The Hall–Kier alpha value is -1.46. The molecule has 2 nitrogen and oxygen atoms in total. The highest BCUT2D eigenvalue weighted by Crippen LogP contribution is 2.24. The molecule has 0 amide bonds. The summed E-state index contributed by atoms with van der Waals surface area (Å²) in [5.74, 6) is -1.25. The summed E-state index contributed by atoms with van der Waals surface area (Å²) >= 11 is 1.60. The fourth-order valence-electron chi connectivity index (χ4n) is 1.58. The highest BCUT2D eigenvalue weighted by Gasteiger charge is 2.08. The van der Waals surface area contributed by atoms with Crippen molar-refractivity contribution in [3.63, 3.8) is 0 Å². The van der Waals surface area contributed by atoms with Crippen LogP contribution < -0.4 is 10.5 Å². The Bertz CT molecular complexity index is 554. The third-order valence-electron chi connectivity index (χ3n) is 2.55. The van der Waals surface area contributed by atoms with Gasteiger partial charge in [0, 0.05) is 27.9 Å². The van der Waals surface area contributed by atoms with E-state index >= 15 is 0 Å². The van der Waals surface area contributed by atoms with Crippen LogP contribution in [0.15, 0.2) is 24.3 Å². The predicted octanol–water partition coefficient (Wildman–Crippen LogP) is 3.37. The number of halogens is 2. The number of ether oxygens (including phenoxy) is 1. The minimum atomic E-state index is -0.693. The number of aryl methyl sites for hydroxylation is 1. The normalized spacial score (nSPS) is 10.7. The van der Waals surface area contributed by atoms with Gasteiger partial charge in [0.05, 0.1) is 0 Å². The minimum absolute atomic E-state index is 0.0521. The van der Waals surface area contributed by atoms with Crippen LogP contribution in [0.2, 0.25) is 0 Å². The van der Waals surface area contributed by atoms with Gasteiger partial charge in [-0.05, 0) is 25.1 Å². The first-order valence-corrected chi connectivity index (χ1v) is 6.28. The molecule has 0 radical (unpaired) electrons. The topological polar surface area (TPSA) is 35.2 Å². The van der Waals surface area contributed by atoms with Crippen molar-refractivity contribution in [2.24, 2.45) is 5.73 Å². The Labute approximate surface area is 108 Å². The van der Waals surface area contributed by atoms with Crippen molar-refractivity contribution in [3.05, 3.63) is 51.2 Å². The third-order valence-corrected chi connectivity index (χ3v) is 3.66. The van der Waals surface area contributed by atoms with Crippen LogP contribution in [-0.4, -0.2) is 0 Å². The summed E-state index contributed by atoms with van der Waals surface area (Å²) in [6.45, 7) is 2.70. The van der Waals surface area contributed by atoms with Crippen molar-refractivity contribution in [2.75, 3.05) is 0 Å². The van der Waals surface area contributed by atoms with Gasteiger partial charge in [-0.2, -0.15) is 0 Å². The largest absolute Gasteiger partial charge is 0.486 e. The van der Waals surface area contributed by atoms with E-state index in [9.17, 15) is 8.78 Å². The van der Waals surface area contributed by atoms with Crippen molar-refractivity contribution in [2.45, 2.75) is 20.1 Å². The molecule has 1 aromatic carbocycles. The molecule has 1 heterocycles. The molecule has 0 aliphatic carbocycles. The van der Waals surface area contributed by atoms with Gasteiger partial charge in [0.1, 0.15) is 12.4 Å². The Morgan fingerprint density at radius 1 is 1.28 bits per heavy atom. The van der Waals surface area contributed by atoms with Gasteiger partial charge in [-0.1, -0.05) is 0 Å². The van der Waals surface area contributed by atoms with Gasteiger partial charge in [0.25, 0.3) is 0 Å². The van der Waals surface area contributed by atoms with Crippen LogP contribution in [0.4, 0.5) is 8.78 Å². The fourth-order valence-corrected chi connectivity index (χ4v) is 2.51. The lowest BCUT2D eigenvalue weighted by atomic mass is 10.2. The lowest BCUT2D eigenvalue weighted by Gasteiger charge is -2.06. The molecule has 2 rings (SSSR count). The summed E-state index contributed by atoms with van der Waals surface area (Å²) in [5.41, 5.74) is 6.52. The van der Waals surface area contributed by atoms with Crippen LogP contribution in [0.5, 0.6) is 5.75 Å². The first kappa shape index (κ1) is 13.0. The highest BCUT2D eigenvalue weighted by molar-refractivity contribution is 7.12. The van der Waals surface area contributed by atoms with E-state index in [0.29, 0.717) is 6.54 Å². The summed E-state index contributed by atoms with van der Waals surface area (Å²) in [4.78, 5) is 2.16. The molecule has 5 heteroatoms. The number of benzene rings is 1. The predicted molar refractivity (Wildman–Crippen MR) is 67.6 cm³/mol. The standard InChI is InChI=1S/C13H13F2NOS/c1-8-9(4-11(6-16)18-8)7-17-13-3-2-10(14)5-12(13)15/h2-5H,6-7,16H2,1H3. The molecule has 0 bridgehead atoms. The Morgan fingerprint density at radius 2 is 2.06 bits per heavy atom. The number of thiophene rings is 1. The van der Waals surface area contributed by atoms with Gasteiger partial charge < -0.3 is 10.5 Å². The maximum atomic E-state index is 13.3. The van der Waals surface area contributed by atoms with Crippen LogP contribution in [0.3, 0.4) is 0 Å². The summed E-state index contributed by atoms with van der Waals surface area (Å²) in [7, 11) is 0. The van der Waals surface area contributed by atoms with Gasteiger partial charge >= 0.3 is 0 Å². The summed E-state index contributed by atoms with van der Waals surface area (Å²) in [5, 5.41) is 0. The monoisotopic (exact) mass is 269 g/mol. The molecule has 0 spiro atoms. The second kappa shape index (κ2) is 5.46. The molecule has 18 heavy (non-hydrogen) atoms. The van der Waals surface area contributed by atoms with E-state index in [0.717, 1.165) is 21.4 Å². The van der Waals surface area contributed by atoms with Crippen LogP contribution in [0.1, 0.15) is 15.3 Å². The van der Waals surface area contributed by atoms with Crippen LogP contribution >= 0.6 is 11.3 Å². The van der Waals surface area contributed by atoms with Gasteiger partial charge in [0.2, 0.25) is 0 Å². The second-order valence-electron chi connectivity index (χ2n) is 3.86. The molecule has 0 saturated carbocycles. The van der Waals surface area contributed by atoms with E-state index in [4.69, 9.17) is 10.5 Å². The number of rotatable bonds is 4. The molecular formula is C13H13F2NOS. The van der Waals surface area contributed by atoms with Crippen molar-refractivity contribution >= 4 is 11.3 Å². The SMILES string of the molecule is Cc1sc(CN)cc1COc1ccc(F)cc1F. The summed E-state index contributed by atoms with van der Waals surface area (Å²) < 4.78 is 31.4. The molecule has 0 atom stereocenters. The van der Waals surface area contributed by atoms with Gasteiger partial charge in [0.15, 0.2) is 11.6 Å². The lowest BCUT2D eigenvalue weighted by Crippen LogP contribution is -1.98. The molecular weight excluding hydrogens is 256 g/mol. The average Bonchev–Trinajstić information content (AvgIpc) is 2.69. The van der Waals surface area contributed by atoms with Gasteiger partial charge in [-0.15, -0.1) is 11.3 Å². The quantitative estimate of drug-likeness (QED) is 0.923. The summed E-state index contributed by atoms with van der Waals surface area (Å²) in [6, 6.07) is 5.21. The molecule has 2 aromatic rings. The smallest absolute Gasteiger partial charge is 0.167 e. The second-order valence-corrected chi connectivity index (χ2v) is 5.20. The van der Waals surface area contributed by atoms with Gasteiger partial charge in [-0.3, -0.25) is 0 Å². The molecule has 0 aliphatic rings. The molecule has 0 saturated heterocycles. The van der Waals surface area contributed by atoms with E-state index < -0.39 is 11.6 Å². The molecule has 2 N–H and O–H groups in total. The number of nitrogens with two attached hydrogens (primary N) is 1. The Morgan fingerprint density at radius 3 is 2.67 bits per heavy atom. The minimum Gasteiger partial charge on any atom is -0.486 e. The zero-order valence-corrected chi connectivity index (χ0v) is 10.7. The molecule has 0 unspecified atom stereocenters. The van der Waals surface area contributed by atoms with Crippen LogP contribution in [-0.2, 0) is 13.2 Å². The van der Waals surface area contributed by atoms with E-state index in [-0.39, 0.29) is 12.4 Å². The number of hydrogen-bond donors (Lipinski definition) is 1. The molecule has 0 fully saturated rings. The first-order valence-electron chi connectivity index (χ1n) is 5.46. The van der Waals surface area contributed by atoms with Crippen molar-refractivity contribution < 1.29 is 13.5 Å².